The van der Waals surface area contributed by atoms with Gasteiger partial charge in [-0.15, -0.1) is 12.4 Å². The Kier molecular flexibility index (Phi) is 7.01. The van der Waals surface area contributed by atoms with Crippen molar-refractivity contribution in [2.24, 2.45) is 5.92 Å². The van der Waals surface area contributed by atoms with Crippen molar-refractivity contribution in [3.8, 4) is 11.3 Å². The summed E-state index contributed by atoms with van der Waals surface area (Å²) < 4.78 is 32.9. The van der Waals surface area contributed by atoms with Gasteiger partial charge in [-0.05, 0) is 44.0 Å². The molecule has 0 bridgehead atoms. The molecule has 6 nitrogen and oxygen atoms in total. The Morgan fingerprint density at radius 2 is 1.96 bits per heavy atom. The molecule has 2 heterocycles. The SMILES string of the molecule is CCNCC1CCN(S(=O)(=O)c2ccccc2-c2ccno2)CC1.Cl. The van der Waals surface area contributed by atoms with Gasteiger partial charge >= 0.3 is 0 Å². The molecule has 0 aliphatic carbocycles. The van der Waals surface area contributed by atoms with Crippen LogP contribution in [0.5, 0.6) is 0 Å². The summed E-state index contributed by atoms with van der Waals surface area (Å²) >= 11 is 0. The molecule has 1 N–H and O–H groups in total. The van der Waals surface area contributed by atoms with E-state index in [2.05, 4.69) is 17.4 Å². The number of nitrogens with one attached hydrogen (secondary N) is 1. The third-order valence-corrected chi connectivity index (χ3v) is 6.42. The Hall–Kier alpha value is -1.41. The second-order valence-electron chi connectivity index (χ2n) is 6.03. The second-order valence-corrected chi connectivity index (χ2v) is 7.93. The van der Waals surface area contributed by atoms with Crippen LogP contribution in [0, 0.1) is 5.92 Å². The molecule has 0 radical (unpaired) electrons. The molecule has 138 valence electrons. The second kappa shape index (κ2) is 8.80. The number of piperidine rings is 1. The number of benzene rings is 1. The van der Waals surface area contributed by atoms with E-state index >= 15 is 0 Å². The third kappa shape index (κ3) is 4.41. The molecule has 1 aromatic carbocycles. The quantitative estimate of drug-likeness (QED) is 0.827. The highest BCUT2D eigenvalue weighted by molar-refractivity contribution is 7.89. The summed E-state index contributed by atoms with van der Waals surface area (Å²) in [5.74, 6) is 1.01. The molecule has 1 fully saturated rings. The minimum absolute atomic E-state index is 0. The van der Waals surface area contributed by atoms with Crippen molar-refractivity contribution >= 4 is 22.4 Å². The predicted octanol–water partition coefficient (Wildman–Crippen LogP) is 2.77. The van der Waals surface area contributed by atoms with Crippen molar-refractivity contribution in [2.75, 3.05) is 26.2 Å². The fourth-order valence-corrected chi connectivity index (χ4v) is 4.76. The van der Waals surface area contributed by atoms with Gasteiger partial charge in [-0.3, -0.25) is 0 Å². The van der Waals surface area contributed by atoms with Gasteiger partial charge in [0.05, 0.1) is 11.1 Å². The maximum atomic E-state index is 13.1. The molecule has 3 rings (SSSR count). The summed E-state index contributed by atoms with van der Waals surface area (Å²) in [6.07, 6.45) is 3.29. The molecule has 0 unspecified atom stereocenters. The number of halogens is 1. The zero-order valence-electron chi connectivity index (χ0n) is 14.2. The first-order chi connectivity index (χ1) is 11.6. The third-order valence-electron chi connectivity index (χ3n) is 4.46. The summed E-state index contributed by atoms with van der Waals surface area (Å²) in [4.78, 5) is 0.284. The van der Waals surface area contributed by atoms with Crippen LogP contribution < -0.4 is 5.32 Å². The zero-order chi connectivity index (χ0) is 17.0. The largest absolute Gasteiger partial charge is 0.356 e. The van der Waals surface area contributed by atoms with E-state index < -0.39 is 10.0 Å². The van der Waals surface area contributed by atoms with Gasteiger partial charge in [-0.25, -0.2) is 8.42 Å². The molecule has 0 amide bonds. The minimum Gasteiger partial charge on any atom is -0.356 e. The Morgan fingerprint density at radius 1 is 1.24 bits per heavy atom. The van der Waals surface area contributed by atoms with Crippen LogP contribution in [-0.4, -0.2) is 44.1 Å². The van der Waals surface area contributed by atoms with Crippen molar-refractivity contribution in [3.63, 3.8) is 0 Å². The Balaban J connectivity index is 0.00000225. The maximum Gasteiger partial charge on any atom is 0.243 e. The Labute approximate surface area is 155 Å². The summed E-state index contributed by atoms with van der Waals surface area (Å²) in [6, 6.07) is 8.62. The average Bonchev–Trinajstić information content (AvgIpc) is 3.15. The predicted molar refractivity (Wildman–Crippen MR) is 99.2 cm³/mol. The fourth-order valence-electron chi connectivity index (χ4n) is 3.09. The van der Waals surface area contributed by atoms with Gasteiger partial charge < -0.3 is 9.84 Å². The van der Waals surface area contributed by atoms with Gasteiger partial charge in [0.2, 0.25) is 10.0 Å². The summed E-state index contributed by atoms with van der Waals surface area (Å²) in [7, 11) is -3.54. The lowest BCUT2D eigenvalue weighted by Crippen LogP contribution is -2.40. The average molecular weight is 386 g/mol. The van der Waals surface area contributed by atoms with Crippen LogP contribution in [0.2, 0.25) is 0 Å². The van der Waals surface area contributed by atoms with Gasteiger partial charge in [0.1, 0.15) is 0 Å². The van der Waals surface area contributed by atoms with Crippen LogP contribution in [0.3, 0.4) is 0 Å². The molecule has 0 saturated carbocycles. The van der Waals surface area contributed by atoms with Crippen LogP contribution in [0.25, 0.3) is 11.3 Å². The van der Waals surface area contributed by atoms with Gasteiger partial charge in [-0.2, -0.15) is 4.31 Å². The molecule has 25 heavy (non-hydrogen) atoms. The number of hydrogen-bond acceptors (Lipinski definition) is 5. The van der Waals surface area contributed by atoms with Crippen molar-refractivity contribution in [1.29, 1.82) is 0 Å². The number of aromatic nitrogens is 1. The molecular weight excluding hydrogens is 362 g/mol. The highest BCUT2D eigenvalue weighted by Gasteiger charge is 2.31. The summed E-state index contributed by atoms with van der Waals surface area (Å²) in [5.41, 5.74) is 0.560. The highest BCUT2D eigenvalue weighted by atomic mass is 35.5. The van der Waals surface area contributed by atoms with E-state index in [1.165, 1.54) is 6.20 Å². The van der Waals surface area contributed by atoms with Crippen molar-refractivity contribution < 1.29 is 12.9 Å². The first-order valence-corrected chi connectivity index (χ1v) is 9.78. The van der Waals surface area contributed by atoms with E-state index in [9.17, 15) is 8.42 Å². The van der Waals surface area contributed by atoms with E-state index in [0.29, 0.717) is 30.3 Å². The topological polar surface area (TPSA) is 75.4 Å². The molecule has 0 atom stereocenters. The number of hydrogen-bond donors (Lipinski definition) is 1. The van der Waals surface area contributed by atoms with Gasteiger partial charge in [-0.1, -0.05) is 24.2 Å². The smallest absolute Gasteiger partial charge is 0.243 e. The van der Waals surface area contributed by atoms with E-state index in [-0.39, 0.29) is 17.3 Å². The monoisotopic (exact) mass is 385 g/mol. The molecule has 1 aliphatic heterocycles. The Bertz CT molecular complexity index is 757. The molecule has 1 saturated heterocycles. The van der Waals surface area contributed by atoms with Crippen LogP contribution in [-0.2, 0) is 10.0 Å². The van der Waals surface area contributed by atoms with Gasteiger partial charge in [0.25, 0.3) is 0 Å². The molecular formula is C17H24ClN3O3S. The molecule has 0 spiro atoms. The highest BCUT2D eigenvalue weighted by Crippen LogP contribution is 2.31. The fraction of sp³-hybridized carbons (Fsp3) is 0.471. The number of rotatable bonds is 6. The first-order valence-electron chi connectivity index (χ1n) is 8.34. The first kappa shape index (κ1) is 19.9. The number of nitrogens with zero attached hydrogens (tertiary/aromatic N) is 2. The van der Waals surface area contributed by atoms with Crippen LogP contribution in [0.15, 0.2) is 45.9 Å². The summed E-state index contributed by atoms with van der Waals surface area (Å²) in [5, 5.41) is 7.03. The molecule has 1 aromatic heterocycles. The van der Waals surface area contributed by atoms with E-state index in [4.69, 9.17) is 4.52 Å². The van der Waals surface area contributed by atoms with E-state index in [0.717, 1.165) is 25.9 Å². The van der Waals surface area contributed by atoms with Crippen LogP contribution in [0.1, 0.15) is 19.8 Å². The maximum absolute atomic E-state index is 13.1. The zero-order valence-corrected chi connectivity index (χ0v) is 15.9. The van der Waals surface area contributed by atoms with Gasteiger partial charge in [0.15, 0.2) is 5.76 Å². The molecule has 8 heteroatoms. The van der Waals surface area contributed by atoms with Crippen LogP contribution in [0.4, 0.5) is 0 Å². The van der Waals surface area contributed by atoms with Gasteiger partial charge in [0, 0.05) is 24.7 Å². The van der Waals surface area contributed by atoms with Crippen molar-refractivity contribution in [2.45, 2.75) is 24.7 Å². The normalized spacial score (nSPS) is 16.5. The molecule has 2 aromatic rings. The lowest BCUT2D eigenvalue weighted by atomic mass is 9.98. The lowest BCUT2D eigenvalue weighted by Gasteiger charge is -2.31. The molecule has 1 aliphatic rings. The van der Waals surface area contributed by atoms with E-state index in [1.54, 1.807) is 34.6 Å². The van der Waals surface area contributed by atoms with Crippen molar-refractivity contribution in [1.82, 2.24) is 14.8 Å². The summed E-state index contributed by atoms with van der Waals surface area (Å²) in [6.45, 7) is 5.11. The van der Waals surface area contributed by atoms with Crippen molar-refractivity contribution in [3.05, 3.63) is 36.5 Å². The number of sulfonamides is 1. The standard InChI is InChI=1S/C17H23N3O3S.ClH/c1-2-18-13-14-8-11-20(12-9-14)24(21,22)17-6-4-3-5-15(17)16-7-10-19-23-16;/h3-7,10,14,18H,2,8-9,11-13H2,1H3;1H. The van der Waals surface area contributed by atoms with E-state index in [1.807, 2.05) is 0 Å². The van der Waals surface area contributed by atoms with Crippen LogP contribution >= 0.6 is 12.4 Å². The lowest BCUT2D eigenvalue weighted by molar-refractivity contribution is 0.268. The minimum atomic E-state index is -3.54. The Morgan fingerprint density at radius 3 is 2.60 bits per heavy atom.